The quantitative estimate of drug-likeness (QED) is 0.764. The van der Waals surface area contributed by atoms with Gasteiger partial charge in [-0.3, -0.25) is 0 Å². The Hall–Kier alpha value is -0.890. The summed E-state index contributed by atoms with van der Waals surface area (Å²) in [6.45, 7) is 13.2. The van der Waals surface area contributed by atoms with Crippen molar-refractivity contribution >= 4 is 17.2 Å². The largest absolute Gasteiger partial charge is 0.389 e. The molecule has 2 heteroatoms. The fourth-order valence-corrected chi connectivity index (χ4v) is 1.75. The molecule has 0 amide bonds. The Morgan fingerprint density at radius 2 is 1.24 bits per heavy atom. The number of hydrogen-bond acceptors (Lipinski definition) is 1. The molecule has 1 aromatic carbocycles. The molecule has 2 N–H and O–H groups in total. The molecule has 0 fully saturated rings. The highest BCUT2D eigenvalue weighted by atomic mass is 32.1. The monoisotopic (exact) mass is 249 g/mol. The van der Waals surface area contributed by atoms with Gasteiger partial charge in [0.15, 0.2) is 0 Å². The summed E-state index contributed by atoms with van der Waals surface area (Å²) in [4.78, 5) is 0.474. The normalized spacial score (nSPS) is 12.6. The summed E-state index contributed by atoms with van der Waals surface area (Å²) in [5.74, 6) is 0. The van der Waals surface area contributed by atoms with Crippen LogP contribution in [0.4, 0.5) is 0 Å². The minimum Gasteiger partial charge on any atom is -0.389 e. The lowest BCUT2D eigenvalue weighted by atomic mass is 9.79. The molecular weight excluding hydrogens is 226 g/mol. The highest BCUT2D eigenvalue weighted by Gasteiger charge is 2.20. The zero-order chi connectivity index (χ0) is 13.4. The molecule has 0 aliphatic rings. The molecule has 0 radical (unpaired) electrons. The van der Waals surface area contributed by atoms with Crippen molar-refractivity contribution in [2.75, 3.05) is 0 Å². The molecule has 0 saturated heterocycles. The molecule has 0 heterocycles. The fourth-order valence-electron chi connectivity index (χ4n) is 1.64. The first kappa shape index (κ1) is 14.2. The summed E-state index contributed by atoms with van der Waals surface area (Å²) in [6.07, 6.45) is 0. The molecular formula is C15H23NS. The second kappa shape index (κ2) is 4.41. The van der Waals surface area contributed by atoms with Crippen LogP contribution in [-0.4, -0.2) is 4.99 Å². The maximum Gasteiger partial charge on any atom is 0.104 e. The lowest BCUT2D eigenvalue weighted by molar-refractivity contribution is 0.568. The molecule has 0 aliphatic carbocycles. The topological polar surface area (TPSA) is 26.0 Å². The zero-order valence-corrected chi connectivity index (χ0v) is 12.5. The molecule has 0 aromatic heterocycles. The van der Waals surface area contributed by atoms with Gasteiger partial charge in [0.25, 0.3) is 0 Å². The second-order valence-electron chi connectivity index (χ2n) is 6.66. The van der Waals surface area contributed by atoms with E-state index in [0.717, 1.165) is 5.56 Å². The van der Waals surface area contributed by atoms with Crippen LogP contribution in [0.2, 0.25) is 0 Å². The van der Waals surface area contributed by atoms with Crippen molar-refractivity contribution in [1.29, 1.82) is 0 Å². The first-order valence-electron chi connectivity index (χ1n) is 5.97. The van der Waals surface area contributed by atoms with Crippen LogP contribution in [-0.2, 0) is 10.8 Å². The van der Waals surface area contributed by atoms with Gasteiger partial charge in [-0.1, -0.05) is 59.8 Å². The van der Waals surface area contributed by atoms with Crippen LogP contribution in [0.1, 0.15) is 58.2 Å². The summed E-state index contributed by atoms with van der Waals surface area (Å²) in [7, 11) is 0. The van der Waals surface area contributed by atoms with Gasteiger partial charge in [-0.2, -0.15) is 0 Å². The van der Waals surface area contributed by atoms with Crippen molar-refractivity contribution in [3.8, 4) is 0 Å². The Morgan fingerprint density at radius 3 is 1.47 bits per heavy atom. The van der Waals surface area contributed by atoms with Gasteiger partial charge < -0.3 is 5.73 Å². The van der Waals surface area contributed by atoms with Crippen LogP contribution >= 0.6 is 12.2 Å². The van der Waals surface area contributed by atoms with Crippen molar-refractivity contribution in [3.05, 3.63) is 34.9 Å². The van der Waals surface area contributed by atoms with E-state index in [2.05, 4.69) is 59.7 Å². The number of hydrogen-bond donors (Lipinski definition) is 1. The number of nitrogens with two attached hydrogens (primary N) is 1. The van der Waals surface area contributed by atoms with Crippen LogP contribution in [0.15, 0.2) is 18.2 Å². The summed E-state index contributed by atoms with van der Waals surface area (Å²) in [5, 5.41) is 0. The summed E-state index contributed by atoms with van der Waals surface area (Å²) in [6, 6.07) is 6.48. The number of benzene rings is 1. The van der Waals surface area contributed by atoms with Crippen LogP contribution in [0.5, 0.6) is 0 Å². The Balaban J connectivity index is 3.45. The molecule has 0 atom stereocenters. The maximum absolute atomic E-state index is 5.77. The number of thiocarbonyl (C=S) groups is 1. The lowest BCUT2D eigenvalue weighted by Gasteiger charge is -2.26. The Kier molecular flexibility index (Phi) is 3.68. The predicted molar refractivity (Wildman–Crippen MR) is 79.7 cm³/mol. The van der Waals surface area contributed by atoms with E-state index in [1.807, 2.05) is 0 Å². The van der Waals surface area contributed by atoms with Gasteiger partial charge in [-0.15, -0.1) is 0 Å². The van der Waals surface area contributed by atoms with Crippen molar-refractivity contribution in [1.82, 2.24) is 0 Å². The average molecular weight is 249 g/mol. The number of rotatable bonds is 1. The van der Waals surface area contributed by atoms with Crippen LogP contribution in [0.3, 0.4) is 0 Å². The van der Waals surface area contributed by atoms with Gasteiger partial charge >= 0.3 is 0 Å². The van der Waals surface area contributed by atoms with E-state index >= 15 is 0 Å². The molecule has 94 valence electrons. The second-order valence-corrected chi connectivity index (χ2v) is 7.10. The Labute approximate surface area is 110 Å². The van der Waals surface area contributed by atoms with Crippen LogP contribution in [0, 0.1) is 0 Å². The highest BCUT2D eigenvalue weighted by molar-refractivity contribution is 7.80. The maximum atomic E-state index is 5.77. The first-order chi connectivity index (χ1) is 7.51. The van der Waals surface area contributed by atoms with E-state index in [1.54, 1.807) is 0 Å². The molecule has 1 aromatic rings. The van der Waals surface area contributed by atoms with Crippen LogP contribution < -0.4 is 5.73 Å². The van der Waals surface area contributed by atoms with Gasteiger partial charge in [0.1, 0.15) is 4.99 Å². The third-order valence-electron chi connectivity index (χ3n) is 2.95. The molecule has 17 heavy (non-hydrogen) atoms. The molecule has 0 unspecified atom stereocenters. The van der Waals surface area contributed by atoms with E-state index in [4.69, 9.17) is 18.0 Å². The van der Waals surface area contributed by atoms with Gasteiger partial charge in [-0.25, -0.2) is 0 Å². The molecule has 0 bridgehead atoms. The third-order valence-corrected chi connectivity index (χ3v) is 3.19. The summed E-state index contributed by atoms with van der Waals surface area (Å²) >= 11 is 5.10. The third kappa shape index (κ3) is 3.53. The summed E-state index contributed by atoms with van der Waals surface area (Å²) < 4.78 is 0. The standard InChI is InChI=1S/C15H23NS/c1-14(2,3)11-7-10(13(16)17)8-12(9-11)15(4,5)6/h7-9H,1-6H3,(H2,16,17). The molecule has 0 saturated carbocycles. The van der Waals surface area contributed by atoms with Crippen molar-refractivity contribution in [2.45, 2.75) is 52.4 Å². The van der Waals surface area contributed by atoms with E-state index in [9.17, 15) is 0 Å². The van der Waals surface area contributed by atoms with Gasteiger partial charge in [0, 0.05) is 5.56 Å². The van der Waals surface area contributed by atoms with E-state index in [0.29, 0.717) is 4.99 Å². The van der Waals surface area contributed by atoms with Gasteiger partial charge in [0.05, 0.1) is 0 Å². The van der Waals surface area contributed by atoms with Crippen molar-refractivity contribution < 1.29 is 0 Å². The molecule has 1 rings (SSSR count). The minimum absolute atomic E-state index is 0.112. The van der Waals surface area contributed by atoms with Crippen molar-refractivity contribution in [2.24, 2.45) is 5.73 Å². The van der Waals surface area contributed by atoms with Crippen LogP contribution in [0.25, 0.3) is 0 Å². The highest BCUT2D eigenvalue weighted by Crippen LogP contribution is 2.30. The Morgan fingerprint density at radius 1 is 0.882 bits per heavy atom. The summed E-state index contributed by atoms with van der Waals surface area (Å²) in [5.41, 5.74) is 9.53. The van der Waals surface area contributed by atoms with E-state index in [-0.39, 0.29) is 10.8 Å². The first-order valence-corrected chi connectivity index (χ1v) is 6.38. The molecule has 0 aliphatic heterocycles. The van der Waals surface area contributed by atoms with Crippen molar-refractivity contribution in [3.63, 3.8) is 0 Å². The predicted octanol–water partition coefficient (Wildman–Crippen LogP) is 3.92. The van der Waals surface area contributed by atoms with Gasteiger partial charge in [-0.05, 0) is 34.1 Å². The van der Waals surface area contributed by atoms with E-state index in [1.165, 1.54) is 11.1 Å². The van der Waals surface area contributed by atoms with E-state index < -0.39 is 0 Å². The SMILES string of the molecule is CC(C)(C)c1cc(C(N)=S)cc(C(C)(C)C)c1. The van der Waals surface area contributed by atoms with Gasteiger partial charge in [0.2, 0.25) is 0 Å². The Bertz CT molecular complexity index is 401. The zero-order valence-electron chi connectivity index (χ0n) is 11.7. The fraction of sp³-hybridized carbons (Fsp3) is 0.533. The lowest BCUT2D eigenvalue weighted by Crippen LogP contribution is -2.19. The smallest absolute Gasteiger partial charge is 0.104 e. The average Bonchev–Trinajstić information content (AvgIpc) is 2.14. The molecule has 1 nitrogen and oxygen atoms in total. The molecule has 0 spiro atoms. The minimum atomic E-state index is 0.112.